The Morgan fingerprint density at radius 3 is 2.14 bits per heavy atom. The van der Waals surface area contributed by atoms with E-state index in [-0.39, 0.29) is 5.92 Å². The third-order valence-electron chi connectivity index (χ3n) is 5.11. The molecule has 0 amide bonds. The van der Waals surface area contributed by atoms with E-state index in [0.717, 1.165) is 35.4 Å². The molecule has 1 aromatic rings. The summed E-state index contributed by atoms with van der Waals surface area (Å²) in [5.74, 6) is 1.54. The van der Waals surface area contributed by atoms with Crippen LogP contribution in [0.15, 0.2) is 12.1 Å². The molecule has 1 saturated carbocycles. The van der Waals surface area contributed by atoms with Crippen molar-refractivity contribution in [1.29, 1.82) is 0 Å². The molecule has 0 aromatic heterocycles. The second kappa shape index (κ2) is 7.24. The Morgan fingerprint density at radius 1 is 1.05 bits per heavy atom. The van der Waals surface area contributed by atoms with E-state index in [0.29, 0.717) is 5.78 Å². The summed E-state index contributed by atoms with van der Waals surface area (Å²) in [5.41, 5.74) is 4.57. The van der Waals surface area contributed by atoms with Crippen LogP contribution in [0.25, 0.3) is 0 Å². The Balaban J connectivity index is 2.02. The minimum Gasteiger partial charge on any atom is -0.294 e. The van der Waals surface area contributed by atoms with Crippen LogP contribution in [0.5, 0.6) is 0 Å². The Bertz CT molecular complexity index is 470. The van der Waals surface area contributed by atoms with Crippen LogP contribution < -0.4 is 0 Å². The molecule has 1 aromatic carbocycles. The SMILES string of the molecule is CCCCC1CCC(C(=O)c2c(C)cc(C)cc2C)CC1. The highest BCUT2D eigenvalue weighted by atomic mass is 16.1. The maximum atomic E-state index is 12.9. The van der Waals surface area contributed by atoms with Gasteiger partial charge in [0, 0.05) is 11.5 Å². The second-order valence-corrected chi connectivity index (χ2v) is 7.00. The van der Waals surface area contributed by atoms with Gasteiger partial charge in [0.05, 0.1) is 0 Å². The predicted octanol–water partition coefficient (Wildman–Crippen LogP) is 5.79. The van der Waals surface area contributed by atoms with Crippen LogP contribution in [0, 0.1) is 32.6 Å². The Hall–Kier alpha value is -1.11. The van der Waals surface area contributed by atoms with E-state index in [2.05, 4.69) is 39.8 Å². The average Bonchev–Trinajstić information content (AvgIpc) is 2.44. The minimum absolute atomic E-state index is 0.267. The highest BCUT2D eigenvalue weighted by Crippen LogP contribution is 2.34. The van der Waals surface area contributed by atoms with Crippen molar-refractivity contribution in [3.63, 3.8) is 0 Å². The van der Waals surface area contributed by atoms with Crippen LogP contribution in [0.2, 0.25) is 0 Å². The molecular formula is C20H30O. The van der Waals surface area contributed by atoms with Gasteiger partial charge >= 0.3 is 0 Å². The van der Waals surface area contributed by atoms with Crippen molar-refractivity contribution >= 4 is 5.78 Å². The number of hydrogen-bond donors (Lipinski definition) is 0. The molecule has 116 valence electrons. The van der Waals surface area contributed by atoms with Gasteiger partial charge in [-0.05, 0) is 63.5 Å². The van der Waals surface area contributed by atoms with Crippen molar-refractivity contribution in [2.75, 3.05) is 0 Å². The molecule has 1 heteroatoms. The first kappa shape index (κ1) is 16.3. The summed E-state index contributed by atoms with van der Waals surface area (Å²) in [6, 6.07) is 4.29. The maximum absolute atomic E-state index is 12.9. The normalized spacial score (nSPS) is 22.3. The second-order valence-electron chi connectivity index (χ2n) is 7.00. The molecule has 1 nitrogen and oxygen atoms in total. The van der Waals surface area contributed by atoms with Gasteiger partial charge in [0.15, 0.2) is 5.78 Å². The number of hydrogen-bond acceptors (Lipinski definition) is 1. The Labute approximate surface area is 130 Å². The summed E-state index contributed by atoms with van der Waals surface area (Å²) in [7, 11) is 0. The first-order valence-electron chi connectivity index (χ1n) is 8.65. The van der Waals surface area contributed by atoms with Gasteiger partial charge < -0.3 is 0 Å². The number of aryl methyl sites for hydroxylation is 3. The third-order valence-corrected chi connectivity index (χ3v) is 5.11. The molecule has 0 bridgehead atoms. The lowest BCUT2D eigenvalue weighted by atomic mass is 9.76. The van der Waals surface area contributed by atoms with Crippen molar-refractivity contribution < 1.29 is 4.79 Å². The number of Topliss-reactive ketones (excluding diaryl/α,β-unsaturated/α-hetero) is 1. The van der Waals surface area contributed by atoms with Gasteiger partial charge in [-0.15, -0.1) is 0 Å². The van der Waals surface area contributed by atoms with E-state index in [1.54, 1.807) is 0 Å². The molecule has 0 radical (unpaired) electrons. The molecule has 1 fully saturated rings. The zero-order valence-corrected chi connectivity index (χ0v) is 14.2. The zero-order valence-electron chi connectivity index (χ0n) is 14.2. The van der Waals surface area contributed by atoms with Crippen LogP contribution in [-0.4, -0.2) is 5.78 Å². The van der Waals surface area contributed by atoms with Gasteiger partial charge in [0.1, 0.15) is 0 Å². The fourth-order valence-electron chi connectivity index (χ4n) is 3.98. The summed E-state index contributed by atoms with van der Waals surface area (Å²) in [4.78, 5) is 12.9. The standard InChI is InChI=1S/C20H30O/c1-5-6-7-17-8-10-18(11-9-17)20(21)19-15(3)12-14(2)13-16(19)4/h12-13,17-18H,5-11H2,1-4H3. The highest BCUT2D eigenvalue weighted by molar-refractivity contribution is 6.00. The smallest absolute Gasteiger partial charge is 0.166 e. The molecule has 0 N–H and O–H groups in total. The third kappa shape index (κ3) is 3.96. The molecule has 0 heterocycles. The van der Waals surface area contributed by atoms with E-state index in [4.69, 9.17) is 0 Å². The van der Waals surface area contributed by atoms with Crippen LogP contribution in [0.4, 0.5) is 0 Å². The number of ketones is 1. The highest BCUT2D eigenvalue weighted by Gasteiger charge is 2.28. The molecule has 2 rings (SSSR count). The Morgan fingerprint density at radius 2 is 1.62 bits per heavy atom. The summed E-state index contributed by atoms with van der Waals surface area (Å²) in [6.45, 7) is 8.53. The molecular weight excluding hydrogens is 256 g/mol. The quantitative estimate of drug-likeness (QED) is 0.626. The van der Waals surface area contributed by atoms with Crippen LogP contribution in [-0.2, 0) is 0 Å². The predicted molar refractivity (Wildman–Crippen MR) is 90.0 cm³/mol. The van der Waals surface area contributed by atoms with Gasteiger partial charge in [-0.3, -0.25) is 4.79 Å². The van der Waals surface area contributed by atoms with Crippen LogP contribution >= 0.6 is 0 Å². The van der Waals surface area contributed by atoms with Crippen molar-refractivity contribution in [2.24, 2.45) is 11.8 Å². The molecule has 21 heavy (non-hydrogen) atoms. The number of carbonyl (C=O) groups is 1. The Kier molecular flexibility index (Phi) is 5.61. The van der Waals surface area contributed by atoms with E-state index in [1.165, 1.54) is 37.7 Å². The average molecular weight is 286 g/mol. The molecule has 0 atom stereocenters. The summed E-state index contributed by atoms with van der Waals surface area (Å²) >= 11 is 0. The van der Waals surface area contributed by atoms with Gasteiger partial charge in [-0.2, -0.15) is 0 Å². The van der Waals surface area contributed by atoms with Crippen molar-refractivity contribution in [3.05, 3.63) is 34.4 Å². The fourth-order valence-corrected chi connectivity index (χ4v) is 3.98. The molecule has 1 aliphatic rings. The molecule has 0 aliphatic heterocycles. The molecule has 0 unspecified atom stereocenters. The lowest BCUT2D eigenvalue weighted by molar-refractivity contribution is 0.0868. The first-order chi connectivity index (χ1) is 10.0. The number of benzene rings is 1. The first-order valence-corrected chi connectivity index (χ1v) is 8.65. The van der Waals surface area contributed by atoms with Gasteiger partial charge in [0.25, 0.3) is 0 Å². The summed E-state index contributed by atoms with van der Waals surface area (Å²) in [6.07, 6.45) is 8.70. The molecule has 0 saturated heterocycles. The lowest BCUT2D eigenvalue weighted by Gasteiger charge is -2.28. The number of rotatable bonds is 5. The topological polar surface area (TPSA) is 17.1 Å². The van der Waals surface area contributed by atoms with E-state index < -0.39 is 0 Å². The monoisotopic (exact) mass is 286 g/mol. The van der Waals surface area contributed by atoms with Gasteiger partial charge in [-0.25, -0.2) is 0 Å². The van der Waals surface area contributed by atoms with Gasteiger partial charge in [0.2, 0.25) is 0 Å². The fraction of sp³-hybridized carbons (Fsp3) is 0.650. The zero-order chi connectivity index (χ0) is 15.4. The number of carbonyl (C=O) groups excluding carboxylic acids is 1. The molecule has 1 aliphatic carbocycles. The summed E-state index contributed by atoms with van der Waals surface area (Å²) < 4.78 is 0. The van der Waals surface area contributed by atoms with E-state index >= 15 is 0 Å². The largest absolute Gasteiger partial charge is 0.294 e. The van der Waals surface area contributed by atoms with Crippen LogP contribution in [0.3, 0.4) is 0 Å². The summed E-state index contributed by atoms with van der Waals surface area (Å²) in [5, 5.41) is 0. The van der Waals surface area contributed by atoms with Crippen molar-refractivity contribution in [3.8, 4) is 0 Å². The minimum atomic E-state index is 0.267. The van der Waals surface area contributed by atoms with Crippen molar-refractivity contribution in [2.45, 2.75) is 72.6 Å². The van der Waals surface area contributed by atoms with E-state index in [1.807, 2.05) is 0 Å². The maximum Gasteiger partial charge on any atom is 0.166 e. The van der Waals surface area contributed by atoms with Gasteiger partial charge in [-0.1, -0.05) is 43.9 Å². The van der Waals surface area contributed by atoms with Crippen LogP contribution in [0.1, 0.15) is 78.9 Å². The lowest BCUT2D eigenvalue weighted by Crippen LogP contribution is -2.23. The van der Waals surface area contributed by atoms with Crippen molar-refractivity contribution in [1.82, 2.24) is 0 Å². The van der Waals surface area contributed by atoms with E-state index in [9.17, 15) is 4.79 Å². The number of unbranched alkanes of at least 4 members (excludes halogenated alkanes) is 1. The molecule has 0 spiro atoms.